The van der Waals surface area contributed by atoms with E-state index >= 15 is 0 Å². The van der Waals surface area contributed by atoms with Gasteiger partial charge in [-0.3, -0.25) is 4.79 Å². The van der Waals surface area contributed by atoms with Crippen molar-refractivity contribution >= 4 is 17.6 Å². The fourth-order valence-corrected chi connectivity index (χ4v) is 2.07. The number of methoxy groups -OCH3 is 1. The summed E-state index contributed by atoms with van der Waals surface area (Å²) < 4.78 is 15.9. The zero-order valence-electron chi connectivity index (χ0n) is 13.1. The van der Waals surface area contributed by atoms with E-state index in [1.165, 1.54) is 7.11 Å². The van der Waals surface area contributed by atoms with Gasteiger partial charge in [0, 0.05) is 17.5 Å². The summed E-state index contributed by atoms with van der Waals surface area (Å²) in [6.45, 7) is 0.331. The van der Waals surface area contributed by atoms with Crippen LogP contribution in [0.3, 0.4) is 0 Å². The first-order valence-corrected chi connectivity index (χ1v) is 7.67. The molecule has 5 nitrogen and oxygen atoms in total. The minimum absolute atomic E-state index is 0.223. The average Bonchev–Trinajstić information content (AvgIpc) is 2.60. The third kappa shape index (κ3) is 5.18. The quantitative estimate of drug-likeness (QED) is 0.431. The third-order valence-electron chi connectivity index (χ3n) is 3.12. The molecule has 0 atom stereocenters. The fraction of sp³-hybridized carbons (Fsp3) is 0.222. The smallest absolute Gasteiger partial charge is 0.311 e. The summed E-state index contributed by atoms with van der Waals surface area (Å²) >= 11 is 5.77. The first-order chi connectivity index (χ1) is 11.6. The van der Waals surface area contributed by atoms with Gasteiger partial charge in [-0.05, 0) is 42.8 Å². The molecule has 0 unspecified atom stereocenters. The summed E-state index contributed by atoms with van der Waals surface area (Å²) in [6.07, 6.45) is 0.719. The van der Waals surface area contributed by atoms with E-state index < -0.39 is 0 Å². The number of esters is 1. The molecule has 6 heteroatoms. The van der Waals surface area contributed by atoms with Crippen LogP contribution in [0.1, 0.15) is 18.4 Å². The number of carbonyl (C=O) groups is 1. The van der Waals surface area contributed by atoms with Crippen LogP contribution in [0.4, 0.5) is 0 Å². The number of halogens is 1. The highest BCUT2D eigenvalue weighted by Crippen LogP contribution is 2.28. The van der Waals surface area contributed by atoms with Crippen molar-refractivity contribution in [1.29, 1.82) is 5.26 Å². The Labute approximate surface area is 145 Å². The molecule has 2 aromatic carbocycles. The minimum atomic E-state index is -0.340. The van der Waals surface area contributed by atoms with Gasteiger partial charge in [-0.2, -0.15) is 5.26 Å². The Balaban J connectivity index is 1.77. The van der Waals surface area contributed by atoms with Crippen LogP contribution < -0.4 is 14.2 Å². The molecule has 0 aromatic heterocycles. The van der Waals surface area contributed by atoms with E-state index in [0.717, 1.165) is 0 Å². The van der Waals surface area contributed by atoms with E-state index in [-0.39, 0.29) is 12.4 Å². The third-order valence-corrected chi connectivity index (χ3v) is 3.37. The summed E-state index contributed by atoms with van der Waals surface area (Å²) in [4.78, 5) is 11.7. The van der Waals surface area contributed by atoms with E-state index in [1.54, 1.807) is 42.5 Å². The predicted octanol–water partition coefficient (Wildman–Crippen LogP) is 3.98. The Kier molecular flexibility index (Phi) is 6.47. The monoisotopic (exact) mass is 345 g/mol. The van der Waals surface area contributed by atoms with E-state index in [4.69, 9.17) is 31.1 Å². The maximum atomic E-state index is 11.7. The van der Waals surface area contributed by atoms with Crippen LogP contribution in [-0.4, -0.2) is 19.7 Å². The predicted molar refractivity (Wildman–Crippen MR) is 89.5 cm³/mol. The van der Waals surface area contributed by atoms with Gasteiger partial charge in [0.2, 0.25) is 0 Å². The van der Waals surface area contributed by atoms with E-state index in [9.17, 15) is 4.79 Å². The van der Waals surface area contributed by atoms with Crippen LogP contribution >= 0.6 is 11.6 Å². The highest BCUT2D eigenvalue weighted by molar-refractivity contribution is 6.30. The molecular weight excluding hydrogens is 330 g/mol. The molecule has 0 fully saturated rings. The average molecular weight is 346 g/mol. The van der Waals surface area contributed by atoms with Crippen molar-refractivity contribution in [1.82, 2.24) is 0 Å². The van der Waals surface area contributed by atoms with Crippen molar-refractivity contribution in [3.8, 4) is 23.3 Å². The van der Waals surface area contributed by atoms with Crippen LogP contribution in [0.15, 0.2) is 42.5 Å². The number of hydrogen-bond donors (Lipinski definition) is 0. The second kappa shape index (κ2) is 8.80. The lowest BCUT2D eigenvalue weighted by molar-refractivity contribution is -0.134. The minimum Gasteiger partial charge on any atom is -0.493 e. The van der Waals surface area contributed by atoms with E-state index in [2.05, 4.69) is 0 Å². The Morgan fingerprint density at radius 2 is 1.92 bits per heavy atom. The summed E-state index contributed by atoms with van der Waals surface area (Å²) in [7, 11) is 1.51. The summed E-state index contributed by atoms with van der Waals surface area (Å²) in [5.74, 6) is 1.13. The van der Waals surface area contributed by atoms with Crippen LogP contribution in [0.5, 0.6) is 17.2 Å². The summed E-state index contributed by atoms with van der Waals surface area (Å²) in [6, 6.07) is 13.5. The largest absolute Gasteiger partial charge is 0.493 e. The highest BCUT2D eigenvalue weighted by Gasteiger charge is 2.08. The lowest BCUT2D eigenvalue weighted by atomic mass is 10.2. The summed E-state index contributed by atoms with van der Waals surface area (Å²) in [5, 5.41) is 9.44. The van der Waals surface area contributed by atoms with Crippen LogP contribution in [0, 0.1) is 11.3 Å². The van der Waals surface area contributed by atoms with Crippen molar-refractivity contribution in [2.24, 2.45) is 0 Å². The lowest BCUT2D eigenvalue weighted by Gasteiger charge is -2.10. The molecule has 0 amide bonds. The number of benzene rings is 2. The topological polar surface area (TPSA) is 68.5 Å². The van der Waals surface area contributed by atoms with Crippen LogP contribution in [0.25, 0.3) is 0 Å². The van der Waals surface area contributed by atoms with E-state index in [0.29, 0.717) is 40.9 Å². The van der Waals surface area contributed by atoms with Crippen molar-refractivity contribution < 1.29 is 19.0 Å². The molecule has 0 aliphatic rings. The Morgan fingerprint density at radius 1 is 1.17 bits per heavy atom. The maximum absolute atomic E-state index is 11.7. The van der Waals surface area contributed by atoms with Gasteiger partial charge in [-0.1, -0.05) is 11.6 Å². The van der Waals surface area contributed by atoms with Crippen molar-refractivity contribution in [3.63, 3.8) is 0 Å². The first-order valence-electron chi connectivity index (χ1n) is 7.29. The molecule has 2 aromatic rings. The van der Waals surface area contributed by atoms with Gasteiger partial charge in [0.25, 0.3) is 0 Å². The Morgan fingerprint density at radius 3 is 2.58 bits per heavy atom. The van der Waals surface area contributed by atoms with Crippen LogP contribution in [0.2, 0.25) is 5.02 Å². The molecule has 0 radical (unpaired) electrons. The molecule has 0 saturated heterocycles. The first kappa shape index (κ1) is 17.6. The van der Waals surface area contributed by atoms with Gasteiger partial charge >= 0.3 is 5.97 Å². The lowest BCUT2D eigenvalue weighted by Crippen LogP contribution is -2.10. The van der Waals surface area contributed by atoms with Gasteiger partial charge in [0.15, 0.2) is 11.5 Å². The molecule has 0 bridgehead atoms. The normalized spacial score (nSPS) is 9.88. The molecular formula is C18H16ClNO4. The standard InChI is InChI=1S/C18H16ClNO4/c1-22-17-11-13(12-20)4-9-16(17)23-10-2-3-18(21)24-15-7-5-14(19)6-8-15/h4-9,11H,2-3,10H2,1H3. The van der Waals surface area contributed by atoms with E-state index in [1.807, 2.05) is 6.07 Å². The fourth-order valence-electron chi connectivity index (χ4n) is 1.94. The van der Waals surface area contributed by atoms with Gasteiger partial charge in [-0.25, -0.2) is 0 Å². The number of hydrogen-bond acceptors (Lipinski definition) is 5. The molecule has 24 heavy (non-hydrogen) atoms. The van der Waals surface area contributed by atoms with Crippen molar-refractivity contribution in [2.45, 2.75) is 12.8 Å². The number of ether oxygens (including phenoxy) is 3. The molecule has 0 N–H and O–H groups in total. The summed E-state index contributed by atoms with van der Waals surface area (Å²) in [5.41, 5.74) is 0.491. The van der Waals surface area contributed by atoms with Crippen LogP contribution in [-0.2, 0) is 4.79 Å². The second-order valence-corrected chi connectivity index (χ2v) is 5.29. The number of nitriles is 1. The molecule has 124 valence electrons. The molecule has 0 heterocycles. The number of carbonyl (C=O) groups excluding carboxylic acids is 1. The zero-order valence-corrected chi connectivity index (χ0v) is 13.9. The van der Waals surface area contributed by atoms with Crippen molar-refractivity contribution in [3.05, 3.63) is 53.1 Å². The Bertz CT molecular complexity index is 738. The second-order valence-electron chi connectivity index (χ2n) is 4.86. The molecule has 0 saturated carbocycles. The number of nitrogens with zero attached hydrogens (tertiary/aromatic N) is 1. The SMILES string of the molecule is COc1cc(C#N)ccc1OCCCC(=O)Oc1ccc(Cl)cc1. The highest BCUT2D eigenvalue weighted by atomic mass is 35.5. The number of rotatable bonds is 7. The molecule has 0 aliphatic heterocycles. The van der Waals surface area contributed by atoms with Gasteiger partial charge in [0.1, 0.15) is 5.75 Å². The zero-order chi connectivity index (χ0) is 17.4. The van der Waals surface area contributed by atoms with Gasteiger partial charge in [-0.15, -0.1) is 0 Å². The van der Waals surface area contributed by atoms with Crippen molar-refractivity contribution in [2.75, 3.05) is 13.7 Å². The molecule has 0 spiro atoms. The van der Waals surface area contributed by atoms with Gasteiger partial charge in [0.05, 0.1) is 25.3 Å². The Hall–Kier alpha value is -2.71. The molecule has 2 rings (SSSR count). The maximum Gasteiger partial charge on any atom is 0.311 e. The van der Waals surface area contributed by atoms with Gasteiger partial charge < -0.3 is 14.2 Å². The molecule has 0 aliphatic carbocycles.